The van der Waals surface area contributed by atoms with Crippen LogP contribution in [0.5, 0.6) is 0 Å². The van der Waals surface area contributed by atoms with E-state index < -0.39 is 0 Å². The summed E-state index contributed by atoms with van der Waals surface area (Å²) >= 11 is 0. The van der Waals surface area contributed by atoms with Crippen molar-refractivity contribution in [2.24, 2.45) is 5.92 Å². The summed E-state index contributed by atoms with van der Waals surface area (Å²) in [5.41, 5.74) is 2.82. The molecule has 4 rings (SSSR count). The fraction of sp³-hybridized carbons (Fsp3) is 0.333. The monoisotopic (exact) mass is 351 g/mol. The highest BCUT2D eigenvalue weighted by molar-refractivity contribution is 5.96. The van der Waals surface area contributed by atoms with Crippen molar-refractivity contribution in [1.82, 2.24) is 9.55 Å². The van der Waals surface area contributed by atoms with Crippen LogP contribution in [0.15, 0.2) is 48.5 Å². The minimum atomic E-state index is -0.296. The highest BCUT2D eigenvalue weighted by atomic mass is 19.1. The number of fused-ring (bicyclic) bond motifs is 1. The average Bonchev–Trinajstić information content (AvgIpc) is 3.16. The molecule has 3 aromatic rings. The average molecular weight is 351 g/mol. The zero-order chi connectivity index (χ0) is 18.3. The van der Waals surface area contributed by atoms with Gasteiger partial charge in [0.15, 0.2) is 0 Å². The summed E-state index contributed by atoms with van der Waals surface area (Å²) in [6.45, 7) is 5.81. The number of nitrogens with zero attached hydrogens (tertiary/aromatic N) is 3. The largest absolute Gasteiger partial charge is 0.327 e. The fourth-order valence-corrected chi connectivity index (χ4v) is 3.71. The van der Waals surface area contributed by atoms with Gasteiger partial charge in [0, 0.05) is 31.1 Å². The van der Waals surface area contributed by atoms with Crippen molar-refractivity contribution in [3.8, 4) is 0 Å². The van der Waals surface area contributed by atoms with Crippen molar-refractivity contribution in [3.63, 3.8) is 0 Å². The molecule has 1 aliphatic rings. The second-order valence-corrected chi connectivity index (χ2v) is 7.34. The molecule has 0 saturated carbocycles. The number of imidazole rings is 1. The molecule has 0 spiro atoms. The van der Waals surface area contributed by atoms with Gasteiger partial charge in [0.2, 0.25) is 5.91 Å². The maximum atomic E-state index is 13.2. The van der Waals surface area contributed by atoms with Crippen molar-refractivity contribution < 1.29 is 9.18 Å². The molecule has 1 atom stereocenters. The Kier molecular flexibility index (Phi) is 4.23. The number of hydrogen-bond acceptors (Lipinski definition) is 2. The van der Waals surface area contributed by atoms with E-state index in [9.17, 15) is 9.18 Å². The van der Waals surface area contributed by atoms with E-state index in [2.05, 4.69) is 24.5 Å². The lowest BCUT2D eigenvalue weighted by Crippen LogP contribution is -2.24. The van der Waals surface area contributed by atoms with Gasteiger partial charge in [-0.15, -0.1) is 0 Å². The topological polar surface area (TPSA) is 38.1 Å². The molecule has 26 heavy (non-hydrogen) atoms. The number of rotatable bonds is 4. The number of hydrogen-bond donors (Lipinski definition) is 0. The van der Waals surface area contributed by atoms with Crippen LogP contribution in [0.1, 0.15) is 32.0 Å². The molecule has 2 heterocycles. The van der Waals surface area contributed by atoms with Crippen LogP contribution in [-0.2, 0) is 11.3 Å². The molecule has 0 bridgehead atoms. The Labute approximate surface area is 152 Å². The van der Waals surface area contributed by atoms with Crippen LogP contribution in [0.4, 0.5) is 10.1 Å². The van der Waals surface area contributed by atoms with Gasteiger partial charge in [0.25, 0.3) is 0 Å². The number of benzene rings is 2. The molecule has 4 nitrogen and oxygen atoms in total. The molecule has 1 amide bonds. The first kappa shape index (κ1) is 16.8. The summed E-state index contributed by atoms with van der Waals surface area (Å²) in [7, 11) is 0. The van der Waals surface area contributed by atoms with E-state index in [0.29, 0.717) is 18.9 Å². The van der Waals surface area contributed by atoms with Gasteiger partial charge < -0.3 is 9.47 Å². The predicted molar refractivity (Wildman–Crippen MR) is 101 cm³/mol. The Morgan fingerprint density at radius 3 is 2.62 bits per heavy atom. The number of amides is 1. The van der Waals surface area contributed by atoms with Gasteiger partial charge >= 0.3 is 0 Å². The number of para-hydroxylation sites is 2. The lowest BCUT2D eigenvalue weighted by Gasteiger charge is -2.18. The van der Waals surface area contributed by atoms with Crippen LogP contribution in [0, 0.1) is 11.7 Å². The fourth-order valence-electron chi connectivity index (χ4n) is 3.71. The minimum absolute atomic E-state index is 0.0405. The van der Waals surface area contributed by atoms with E-state index >= 15 is 0 Å². The lowest BCUT2D eigenvalue weighted by atomic mass is 10.1. The van der Waals surface area contributed by atoms with Gasteiger partial charge in [-0.25, -0.2) is 9.37 Å². The number of halogens is 1. The smallest absolute Gasteiger partial charge is 0.227 e. The SMILES string of the molecule is CC(C)Cn1c(C2CC(=O)N(c3ccc(F)cc3)C2)nc2ccccc21. The maximum absolute atomic E-state index is 13.2. The highest BCUT2D eigenvalue weighted by Gasteiger charge is 2.34. The van der Waals surface area contributed by atoms with Crippen LogP contribution < -0.4 is 4.90 Å². The first-order valence-electron chi connectivity index (χ1n) is 9.04. The molecule has 1 aromatic heterocycles. The Bertz CT molecular complexity index is 946. The van der Waals surface area contributed by atoms with E-state index in [1.54, 1.807) is 17.0 Å². The van der Waals surface area contributed by atoms with Crippen LogP contribution in [0.3, 0.4) is 0 Å². The predicted octanol–water partition coefficient (Wildman–Crippen LogP) is 4.35. The van der Waals surface area contributed by atoms with E-state index in [4.69, 9.17) is 4.98 Å². The number of aromatic nitrogens is 2. The molecule has 2 aromatic carbocycles. The summed E-state index contributed by atoms with van der Waals surface area (Å²) < 4.78 is 15.4. The van der Waals surface area contributed by atoms with Crippen molar-refractivity contribution in [3.05, 3.63) is 60.2 Å². The third-order valence-electron chi connectivity index (χ3n) is 4.86. The highest BCUT2D eigenvalue weighted by Crippen LogP contribution is 2.33. The lowest BCUT2D eigenvalue weighted by molar-refractivity contribution is -0.117. The maximum Gasteiger partial charge on any atom is 0.227 e. The molecule has 1 aliphatic heterocycles. The van der Waals surface area contributed by atoms with E-state index in [0.717, 1.165) is 29.1 Å². The molecule has 5 heteroatoms. The summed E-state index contributed by atoms with van der Waals surface area (Å²) in [5, 5.41) is 0. The molecule has 1 fully saturated rings. The van der Waals surface area contributed by atoms with Crippen LogP contribution >= 0.6 is 0 Å². The second-order valence-electron chi connectivity index (χ2n) is 7.34. The van der Waals surface area contributed by atoms with Crippen molar-refractivity contribution in [2.75, 3.05) is 11.4 Å². The summed E-state index contributed by atoms with van der Waals surface area (Å²) in [4.78, 5) is 19.2. The molecular formula is C21H22FN3O. The number of anilines is 1. The second kappa shape index (κ2) is 6.56. The van der Waals surface area contributed by atoms with Crippen molar-refractivity contribution in [1.29, 1.82) is 0 Å². The molecule has 1 saturated heterocycles. The molecule has 134 valence electrons. The van der Waals surface area contributed by atoms with Crippen molar-refractivity contribution >= 4 is 22.6 Å². The Hall–Kier alpha value is -2.69. The van der Waals surface area contributed by atoms with E-state index in [-0.39, 0.29) is 17.6 Å². The summed E-state index contributed by atoms with van der Waals surface area (Å²) in [5.74, 6) is 1.26. The standard InChI is InChI=1S/C21H22FN3O/c1-14(2)12-25-19-6-4-3-5-18(19)23-21(25)15-11-20(26)24(13-15)17-9-7-16(22)8-10-17/h3-10,14-15H,11-13H2,1-2H3. The van der Waals surface area contributed by atoms with Gasteiger partial charge in [-0.3, -0.25) is 4.79 Å². The molecular weight excluding hydrogens is 329 g/mol. The van der Waals surface area contributed by atoms with Gasteiger partial charge in [0.1, 0.15) is 11.6 Å². The first-order chi connectivity index (χ1) is 12.5. The molecule has 0 radical (unpaired) electrons. The van der Waals surface area contributed by atoms with Gasteiger partial charge in [-0.05, 0) is 42.3 Å². The zero-order valence-corrected chi connectivity index (χ0v) is 15.0. The van der Waals surface area contributed by atoms with E-state index in [1.807, 2.05) is 18.2 Å². The summed E-state index contributed by atoms with van der Waals surface area (Å²) in [6.07, 6.45) is 0.429. The third kappa shape index (κ3) is 2.98. The van der Waals surface area contributed by atoms with Crippen molar-refractivity contribution in [2.45, 2.75) is 32.7 Å². The van der Waals surface area contributed by atoms with Gasteiger partial charge in [0.05, 0.1) is 11.0 Å². The van der Waals surface area contributed by atoms with Crippen LogP contribution in [-0.4, -0.2) is 22.0 Å². The van der Waals surface area contributed by atoms with Crippen LogP contribution in [0.25, 0.3) is 11.0 Å². The molecule has 1 unspecified atom stereocenters. The summed E-state index contributed by atoms with van der Waals surface area (Å²) in [6, 6.07) is 14.2. The number of carbonyl (C=O) groups excluding carboxylic acids is 1. The Morgan fingerprint density at radius 1 is 1.15 bits per heavy atom. The molecule has 0 N–H and O–H groups in total. The third-order valence-corrected chi connectivity index (χ3v) is 4.86. The Balaban J connectivity index is 1.69. The first-order valence-corrected chi connectivity index (χ1v) is 9.04. The zero-order valence-electron chi connectivity index (χ0n) is 15.0. The Morgan fingerprint density at radius 2 is 1.88 bits per heavy atom. The van der Waals surface area contributed by atoms with Gasteiger partial charge in [-0.2, -0.15) is 0 Å². The van der Waals surface area contributed by atoms with Crippen LogP contribution in [0.2, 0.25) is 0 Å². The molecule has 0 aliphatic carbocycles. The van der Waals surface area contributed by atoms with E-state index in [1.165, 1.54) is 12.1 Å². The normalized spacial score (nSPS) is 17.6. The van der Waals surface area contributed by atoms with Gasteiger partial charge in [-0.1, -0.05) is 26.0 Å². The quantitative estimate of drug-likeness (QED) is 0.701. The minimum Gasteiger partial charge on any atom is -0.327 e. The number of carbonyl (C=O) groups is 1.